The van der Waals surface area contributed by atoms with Gasteiger partial charge in [-0.05, 0) is 36.2 Å². The summed E-state index contributed by atoms with van der Waals surface area (Å²) in [5.74, 6) is -1.60. The van der Waals surface area contributed by atoms with E-state index in [2.05, 4.69) is 4.98 Å². The molecule has 0 saturated carbocycles. The molecule has 2 heterocycles. The molecule has 176 valence electrons. The van der Waals surface area contributed by atoms with Gasteiger partial charge in [0.15, 0.2) is 5.75 Å². The second kappa shape index (κ2) is 9.74. The lowest BCUT2D eigenvalue weighted by atomic mass is 10.0. The summed E-state index contributed by atoms with van der Waals surface area (Å²) in [6.45, 7) is 1.71. The van der Waals surface area contributed by atoms with E-state index in [1.165, 1.54) is 24.4 Å². The number of hydrogen-bond donors (Lipinski definition) is 1. The minimum Gasteiger partial charge on any atom is -0.488 e. The van der Waals surface area contributed by atoms with Gasteiger partial charge in [0.25, 0.3) is 5.56 Å². The van der Waals surface area contributed by atoms with Crippen LogP contribution >= 0.6 is 0 Å². The number of pyridine rings is 2. The second-order valence-electron chi connectivity index (χ2n) is 7.17. The van der Waals surface area contributed by atoms with E-state index in [1.54, 1.807) is 13.0 Å². The molecule has 11 heteroatoms. The highest BCUT2D eigenvalue weighted by molar-refractivity contribution is 5.77. The molecule has 0 aliphatic rings. The minimum atomic E-state index is -4.81. The highest BCUT2D eigenvalue weighted by Gasteiger charge is 2.34. The standard InChI is InChI=1S/C23H18F4N4O3/c1-2-34-20-8-15(13-3-4-14(9-21(29)32)18(24)7-13)12-31(22(20)33)16-10-17(23(25,26)27)19(5-6-28)30-11-16/h3-4,7-8,10-12H,2,5,9H2,1H3,(H2,29,32). The van der Waals surface area contributed by atoms with Crippen LogP contribution in [0.1, 0.15) is 23.7 Å². The first-order valence-corrected chi connectivity index (χ1v) is 9.95. The van der Waals surface area contributed by atoms with Crippen LogP contribution in [0.25, 0.3) is 16.8 Å². The van der Waals surface area contributed by atoms with Crippen molar-refractivity contribution in [1.29, 1.82) is 5.26 Å². The average molecular weight is 474 g/mol. The van der Waals surface area contributed by atoms with Gasteiger partial charge in [0, 0.05) is 11.8 Å². The van der Waals surface area contributed by atoms with Gasteiger partial charge in [-0.2, -0.15) is 18.4 Å². The zero-order chi connectivity index (χ0) is 25.0. The first-order chi connectivity index (χ1) is 16.0. The van der Waals surface area contributed by atoms with Gasteiger partial charge in [-0.3, -0.25) is 19.1 Å². The van der Waals surface area contributed by atoms with E-state index in [0.717, 1.165) is 22.9 Å². The Kier molecular flexibility index (Phi) is 7.00. The summed E-state index contributed by atoms with van der Waals surface area (Å²) in [6.07, 6.45) is -3.41. The quantitative estimate of drug-likeness (QED) is 0.527. The third-order valence-electron chi connectivity index (χ3n) is 4.82. The molecule has 0 saturated heterocycles. The first kappa shape index (κ1) is 24.4. The molecule has 3 aromatic rings. The number of rotatable bonds is 7. The number of hydrogen-bond acceptors (Lipinski definition) is 5. The lowest BCUT2D eigenvalue weighted by Gasteiger charge is -2.16. The predicted octanol–water partition coefficient (Wildman–Crippen LogP) is 3.55. The summed E-state index contributed by atoms with van der Waals surface area (Å²) in [5.41, 5.74) is 3.14. The number of benzene rings is 1. The van der Waals surface area contributed by atoms with E-state index in [0.29, 0.717) is 0 Å². The van der Waals surface area contributed by atoms with Crippen molar-refractivity contribution in [3.63, 3.8) is 0 Å². The zero-order valence-electron chi connectivity index (χ0n) is 17.8. The lowest BCUT2D eigenvalue weighted by molar-refractivity contribution is -0.138. The van der Waals surface area contributed by atoms with E-state index >= 15 is 0 Å². The van der Waals surface area contributed by atoms with Crippen LogP contribution in [0.15, 0.2) is 47.5 Å². The van der Waals surface area contributed by atoms with Crippen LogP contribution in [-0.4, -0.2) is 22.1 Å². The van der Waals surface area contributed by atoms with Crippen molar-refractivity contribution in [2.75, 3.05) is 6.61 Å². The molecule has 0 atom stereocenters. The molecule has 3 rings (SSSR count). The zero-order valence-corrected chi connectivity index (χ0v) is 17.8. The molecule has 0 unspecified atom stereocenters. The van der Waals surface area contributed by atoms with E-state index in [9.17, 15) is 27.2 Å². The number of primary amides is 1. The molecule has 1 amide bonds. The van der Waals surface area contributed by atoms with Crippen molar-refractivity contribution < 1.29 is 27.1 Å². The van der Waals surface area contributed by atoms with E-state index < -0.39 is 41.1 Å². The number of alkyl halides is 3. The van der Waals surface area contributed by atoms with E-state index in [1.807, 2.05) is 0 Å². The van der Waals surface area contributed by atoms with Crippen molar-refractivity contribution in [3.05, 3.63) is 75.7 Å². The van der Waals surface area contributed by atoms with Gasteiger partial charge in [-0.25, -0.2) is 4.39 Å². The molecule has 0 fully saturated rings. The maximum Gasteiger partial charge on any atom is 0.418 e. The molecule has 0 aliphatic heterocycles. The van der Waals surface area contributed by atoms with Crippen LogP contribution in [0.4, 0.5) is 17.6 Å². The number of halogens is 4. The molecular formula is C23H18F4N4O3. The Morgan fingerprint density at radius 2 is 1.97 bits per heavy atom. The topological polar surface area (TPSA) is 111 Å². The van der Waals surface area contributed by atoms with Gasteiger partial charge >= 0.3 is 6.18 Å². The van der Waals surface area contributed by atoms with Gasteiger partial charge in [0.1, 0.15) is 5.82 Å². The number of carbonyl (C=O) groups excluding carboxylic acids is 1. The monoisotopic (exact) mass is 474 g/mol. The molecule has 1 aromatic carbocycles. The number of nitrogens with zero attached hydrogens (tertiary/aromatic N) is 3. The van der Waals surface area contributed by atoms with Crippen molar-refractivity contribution in [3.8, 4) is 28.6 Å². The van der Waals surface area contributed by atoms with Gasteiger partial charge in [0.05, 0.1) is 48.7 Å². The fourth-order valence-electron chi connectivity index (χ4n) is 3.30. The Morgan fingerprint density at radius 1 is 1.24 bits per heavy atom. The molecule has 0 radical (unpaired) electrons. The summed E-state index contributed by atoms with van der Waals surface area (Å²) < 4.78 is 61.4. The number of nitriles is 1. The van der Waals surface area contributed by atoms with Gasteiger partial charge in [0.2, 0.25) is 5.91 Å². The van der Waals surface area contributed by atoms with E-state index in [4.69, 9.17) is 15.7 Å². The molecule has 0 bridgehead atoms. The largest absolute Gasteiger partial charge is 0.488 e. The maximum absolute atomic E-state index is 14.5. The van der Waals surface area contributed by atoms with Crippen LogP contribution in [0.2, 0.25) is 0 Å². The number of carbonyl (C=O) groups is 1. The lowest BCUT2D eigenvalue weighted by Crippen LogP contribution is -2.22. The number of amides is 1. The predicted molar refractivity (Wildman–Crippen MR) is 114 cm³/mol. The summed E-state index contributed by atoms with van der Waals surface area (Å²) in [5, 5.41) is 8.80. The third kappa shape index (κ3) is 5.23. The normalized spacial score (nSPS) is 11.2. The molecule has 2 N–H and O–H groups in total. The van der Waals surface area contributed by atoms with Gasteiger partial charge < -0.3 is 10.5 Å². The Hall–Kier alpha value is -4.20. The molecule has 0 spiro atoms. The minimum absolute atomic E-state index is 0.0710. The number of nitrogens with two attached hydrogens (primary N) is 1. The fourth-order valence-corrected chi connectivity index (χ4v) is 3.30. The van der Waals surface area contributed by atoms with Crippen LogP contribution in [0.5, 0.6) is 5.75 Å². The molecule has 7 nitrogen and oxygen atoms in total. The summed E-state index contributed by atoms with van der Waals surface area (Å²) in [4.78, 5) is 27.7. The molecule has 0 aliphatic carbocycles. The van der Waals surface area contributed by atoms with Crippen molar-refractivity contribution in [1.82, 2.24) is 9.55 Å². The second-order valence-corrected chi connectivity index (χ2v) is 7.17. The maximum atomic E-state index is 14.5. The third-order valence-corrected chi connectivity index (χ3v) is 4.82. The van der Waals surface area contributed by atoms with Gasteiger partial charge in [-0.1, -0.05) is 12.1 Å². The Balaban J connectivity index is 2.20. The van der Waals surface area contributed by atoms with Crippen molar-refractivity contribution in [2.45, 2.75) is 25.9 Å². The van der Waals surface area contributed by atoms with Crippen LogP contribution in [0.3, 0.4) is 0 Å². The first-order valence-electron chi connectivity index (χ1n) is 9.95. The average Bonchev–Trinajstić information content (AvgIpc) is 2.76. The molecular weight excluding hydrogens is 456 g/mol. The van der Waals surface area contributed by atoms with Crippen LogP contribution in [0, 0.1) is 17.1 Å². The number of aromatic nitrogens is 2. The van der Waals surface area contributed by atoms with Crippen LogP contribution in [-0.2, 0) is 23.8 Å². The Bertz CT molecular complexity index is 1340. The molecule has 2 aromatic heterocycles. The fraction of sp³-hybridized carbons (Fsp3) is 0.217. The van der Waals surface area contributed by atoms with Crippen LogP contribution < -0.4 is 16.0 Å². The van der Waals surface area contributed by atoms with E-state index in [-0.39, 0.29) is 41.2 Å². The SMILES string of the molecule is CCOc1cc(-c2ccc(CC(N)=O)c(F)c2)cn(-c2cnc(CC#N)c(C(F)(F)F)c2)c1=O. The van der Waals surface area contributed by atoms with Crippen molar-refractivity contribution >= 4 is 5.91 Å². The molecule has 34 heavy (non-hydrogen) atoms. The van der Waals surface area contributed by atoms with Gasteiger partial charge in [-0.15, -0.1) is 0 Å². The Morgan fingerprint density at radius 3 is 2.56 bits per heavy atom. The highest BCUT2D eigenvalue weighted by atomic mass is 19.4. The summed E-state index contributed by atoms with van der Waals surface area (Å²) >= 11 is 0. The van der Waals surface area contributed by atoms with Crippen molar-refractivity contribution in [2.24, 2.45) is 5.73 Å². The number of ether oxygens (including phenoxy) is 1. The summed E-state index contributed by atoms with van der Waals surface area (Å²) in [6, 6.07) is 7.64. The Labute approximate surface area is 191 Å². The highest BCUT2D eigenvalue weighted by Crippen LogP contribution is 2.33. The smallest absolute Gasteiger partial charge is 0.418 e. The summed E-state index contributed by atoms with van der Waals surface area (Å²) in [7, 11) is 0.